The molecule has 31 heavy (non-hydrogen) atoms. The van der Waals surface area contributed by atoms with Crippen molar-refractivity contribution in [2.24, 2.45) is 0 Å². The fourth-order valence-corrected chi connectivity index (χ4v) is 3.84. The van der Waals surface area contributed by atoms with Crippen LogP contribution in [0.1, 0.15) is 46.9 Å². The van der Waals surface area contributed by atoms with Crippen molar-refractivity contribution < 1.29 is 23.9 Å². The van der Waals surface area contributed by atoms with Crippen LogP contribution in [0.15, 0.2) is 42.5 Å². The third-order valence-electron chi connectivity index (χ3n) is 5.50. The van der Waals surface area contributed by atoms with Crippen LogP contribution in [0.4, 0.5) is 17.1 Å². The first-order valence-corrected chi connectivity index (χ1v) is 10.3. The summed E-state index contributed by atoms with van der Waals surface area (Å²) in [5.74, 6) is -1.17. The molecule has 0 radical (unpaired) electrons. The van der Waals surface area contributed by atoms with Crippen molar-refractivity contribution in [2.75, 3.05) is 28.7 Å². The smallest absolute Gasteiger partial charge is 0.338 e. The minimum absolute atomic E-state index is 0.0655. The van der Waals surface area contributed by atoms with Crippen LogP contribution in [0.2, 0.25) is 0 Å². The van der Waals surface area contributed by atoms with Crippen LogP contribution in [0, 0.1) is 0 Å². The number of amides is 2. The van der Waals surface area contributed by atoms with Gasteiger partial charge in [0.2, 0.25) is 11.8 Å². The van der Waals surface area contributed by atoms with Gasteiger partial charge >= 0.3 is 5.97 Å². The number of rotatable bonds is 6. The van der Waals surface area contributed by atoms with Crippen LogP contribution in [-0.4, -0.2) is 42.8 Å². The summed E-state index contributed by atoms with van der Waals surface area (Å²) in [6.07, 6.45) is 2.14. The van der Waals surface area contributed by atoms with Gasteiger partial charge < -0.3 is 20.3 Å². The number of anilines is 3. The Kier molecular flexibility index (Phi) is 5.70. The number of esters is 1. The molecule has 1 fully saturated rings. The van der Waals surface area contributed by atoms with E-state index in [9.17, 15) is 19.2 Å². The van der Waals surface area contributed by atoms with Crippen molar-refractivity contribution in [3.05, 3.63) is 53.6 Å². The normalized spacial score (nSPS) is 16.7. The maximum atomic E-state index is 12.4. The molecule has 4 rings (SSSR count). The van der Waals surface area contributed by atoms with E-state index in [-0.39, 0.29) is 29.2 Å². The molecule has 1 atom stereocenters. The molecule has 2 aromatic carbocycles. The summed E-state index contributed by atoms with van der Waals surface area (Å²) in [6.45, 7) is 2.16. The fourth-order valence-electron chi connectivity index (χ4n) is 3.84. The molecule has 2 N–H and O–H groups in total. The lowest BCUT2D eigenvalue weighted by atomic mass is 10.1. The van der Waals surface area contributed by atoms with Crippen molar-refractivity contribution in [1.29, 1.82) is 0 Å². The summed E-state index contributed by atoms with van der Waals surface area (Å²) >= 11 is 0. The van der Waals surface area contributed by atoms with E-state index in [4.69, 9.17) is 4.74 Å². The SMILES string of the molecule is CCC(=O)Nc1ccc(C(=O)COC(=O)c2ccc3c(c2)NC(=O)[C@H]2CCCN32)cc1. The van der Waals surface area contributed by atoms with E-state index < -0.39 is 12.6 Å². The molecule has 0 unspecified atom stereocenters. The molecule has 0 aromatic heterocycles. The number of fused-ring (bicyclic) bond motifs is 3. The van der Waals surface area contributed by atoms with Gasteiger partial charge in [0.05, 0.1) is 16.9 Å². The Labute approximate surface area is 179 Å². The average Bonchev–Trinajstić information content (AvgIpc) is 3.28. The average molecular weight is 421 g/mol. The lowest BCUT2D eigenvalue weighted by Crippen LogP contribution is -2.43. The maximum absolute atomic E-state index is 12.4. The van der Waals surface area contributed by atoms with E-state index >= 15 is 0 Å². The molecular formula is C23H23N3O5. The minimum Gasteiger partial charge on any atom is -0.454 e. The van der Waals surface area contributed by atoms with Crippen LogP contribution >= 0.6 is 0 Å². The van der Waals surface area contributed by atoms with Crippen molar-refractivity contribution in [1.82, 2.24) is 0 Å². The number of benzene rings is 2. The Bertz CT molecular complexity index is 1050. The molecule has 0 spiro atoms. The number of ether oxygens (including phenoxy) is 1. The first-order chi connectivity index (χ1) is 15.0. The highest BCUT2D eigenvalue weighted by Gasteiger charge is 2.36. The molecule has 8 nitrogen and oxygen atoms in total. The molecule has 2 heterocycles. The van der Waals surface area contributed by atoms with E-state index in [1.165, 1.54) is 0 Å². The maximum Gasteiger partial charge on any atom is 0.338 e. The molecule has 0 bridgehead atoms. The third kappa shape index (κ3) is 4.28. The standard InChI is InChI=1S/C23H23N3O5/c1-2-21(28)24-16-8-5-14(6-9-16)20(27)13-31-23(30)15-7-10-18-17(12-15)25-22(29)19-4-3-11-26(18)19/h5-10,12,19H,2-4,11,13H2,1H3,(H,24,28)(H,25,29)/t19-/m1/s1. The van der Waals surface area contributed by atoms with E-state index in [0.717, 1.165) is 25.1 Å². The van der Waals surface area contributed by atoms with E-state index in [1.807, 2.05) is 0 Å². The largest absolute Gasteiger partial charge is 0.454 e. The quantitative estimate of drug-likeness (QED) is 0.549. The summed E-state index contributed by atoms with van der Waals surface area (Å²) in [4.78, 5) is 50.5. The van der Waals surface area contributed by atoms with E-state index in [1.54, 1.807) is 49.4 Å². The zero-order chi connectivity index (χ0) is 22.0. The predicted octanol–water partition coefficient (Wildman–Crippen LogP) is 3.00. The first-order valence-electron chi connectivity index (χ1n) is 10.3. The molecule has 2 amide bonds. The Morgan fingerprint density at radius 2 is 1.87 bits per heavy atom. The van der Waals surface area contributed by atoms with Gasteiger partial charge in [0.1, 0.15) is 6.04 Å². The molecular weight excluding hydrogens is 398 g/mol. The van der Waals surface area contributed by atoms with Crippen LogP contribution in [0.3, 0.4) is 0 Å². The van der Waals surface area contributed by atoms with E-state index in [2.05, 4.69) is 15.5 Å². The lowest BCUT2D eigenvalue weighted by Gasteiger charge is -2.33. The topological polar surface area (TPSA) is 105 Å². The van der Waals surface area contributed by atoms with Crippen LogP contribution < -0.4 is 15.5 Å². The predicted molar refractivity (Wildman–Crippen MR) is 115 cm³/mol. The van der Waals surface area contributed by atoms with Gasteiger partial charge in [-0.3, -0.25) is 14.4 Å². The summed E-state index contributed by atoms with van der Waals surface area (Å²) < 4.78 is 5.18. The Hall–Kier alpha value is -3.68. The van der Waals surface area contributed by atoms with Gasteiger partial charge in [-0.2, -0.15) is 0 Å². The number of nitrogens with one attached hydrogen (secondary N) is 2. The van der Waals surface area contributed by atoms with Crippen molar-refractivity contribution in [3.8, 4) is 0 Å². The fraction of sp³-hybridized carbons (Fsp3) is 0.304. The zero-order valence-corrected chi connectivity index (χ0v) is 17.1. The van der Waals surface area contributed by atoms with Gasteiger partial charge in [0.25, 0.3) is 0 Å². The Balaban J connectivity index is 1.38. The Morgan fingerprint density at radius 1 is 1.13 bits per heavy atom. The lowest BCUT2D eigenvalue weighted by molar-refractivity contribution is -0.117. The summed E-state index contributed by atoms with van der Waals surface area (Å²) in [5, 5.41) is 5.56. The molecule has 2 aliphatic heterocycles. The number of carbonyl (C=O) groups excluding carboxylic acids is 4. The molecule has 0 saturated carbocycles. The van der Waals surface area contributed by atoms with Gasteiger partial charge in [0, 0.05) is 24.2 Å². The van der Waals surface area contributed by atoms with Crippen molar-refractivity contribution in [2.45, 2.75) is 32.2 Å². The monoisotopic (exact) mass is 421 g/mol. The van der Waals surface area contributed by atoms with Gasteiger partial charge in [-0.15, -0.1) is 0 Å². The number of carbonyl (C=O) groups is 4. The molecule has 2 aromatic rings. The zero-order valence-electron chi connectivity index (χ0n) is 17.1. The van der Waals surface area contributed by atoms with Crippen LogP contribution in [-0.2, 0) is 14.3 Å². The van der Waals surface area contributed by atoms with Crippen molar-refractivity contribution in [3.63, 3.8) is 0 Å². The number of hydrogen-bond donors (Lipinski definition) is 2. The number of hydrogen-bond acceptors (Lipinski definition) is 6. The molecule has 0 aliphatic carbocycles. The van der Waals surface area contributed by atoms with E-state index in [0.29, 0.717) is 23.4 Å². The second-order valence-electron chi connectivity index (χ2n) is 7.55. The molecule has 8 heteroatoms. The second kappa shape index (κ2) is 8.59. The highest BCUT2D eigenvalue weighted by Crippen LogP contribution is 2.37. The highest BCUT2D eigenvalue weighted by molar-refractivity contribution is 6.06. The molecule has 2 aliphatic rings. The summed E-state index contributed by atoms with van der Waals surface area (Å²) in [6, 6.07) is 11.3. The first kappa shape index (κ1) is 20.6. The van der Waals surface area contributed by atoms with Gasteiger partial charge in [-0.1, -0.05) is 6.92 Å². The highest BCUT2D eigenvalue weighted by atomic mass is 16.5. The van der Waals surface area contributed by atoms with Gasteiger partial charge in [-0.25, -0.2) is 4.79 Å². The minimum atomic E-state index is -0.638. The van der Waals surface area contributed by atoms with Crippen LogP contribution in [0.25, 0.3) is 0 Å². The number of nitrogens with zero attached hydrogens (tertiary/aromatic N) is 1. The second-order valence-corrected chi connectivity index (χ2v) is 7.55. The van der Waals surface area contributed by atoms with Gasteiger partial charge in [-0.05, 0) is 55.3 Å². The summed E-state index contributed by atoms with van der Waals surface area (Å²) in [7, 11) is 0. The third-order valence-corrected chi connectivity index (χ3v) is 5.50. The summed E-state index contributed by atoms with van der Waals surface area (Å²) in [5.41, 5.74) is 2.71. The Morgan fingerprint density at radius 3 is 2.61 bits per heavy atom. The van der Waals surface area contributed by atoms with Gasteiger partial charge in [0.15, 0.2) is 12.4 Å². The van der Waals surface area contributed by atoms with Crippen LogP contribution in [0.5, 0.6) is 0 Å². The number of Topliss-reactive ketones (excluding diaryl/α,β-unsaturated/α-hetero) is 1. The molecule has 1 saturated heterocycles. The number of ketones is 1. The molecule has 160 valence electrons. The van der Waals surface area contributed by atoms with Crippen molar-refractivity contribution >= 4 is 40.6 Å².